The summed E-state index contributed by atoms with van der Waals surface area (Å²) in [6.45, 7) is 0. The molecule has 1 amide bonds. The zero-order chi connectivity index (χ0) is 23.3. The van der Waals surface area contributed by atoms with Crippen LogP contribution in [-0.4, -0.2) is 41.6 Å². The van der Waals surface area contributed by atoms with Crippen molar-refractivity contribution in [3.8, 4) is 5.75 Å². The Morgan fingerprint density at radius 3 is 2.34 bits per heavy atom. The van der Waals surface area contributed by atoms with Gasteiger partial charge in [0.15, 0.2) is 0 Å². The van der Waals surface area contributed by atoms with Crippen LogP contribution in [0.2, 0.25) is 0 Å². The third-order valence-electron chi connectivity index (χ3n) is 4.73. The molecule has 0 aliphatic rings. The summed E-state index contributed by atoms with van der Waals surface area (Å²) in [5.74, 6) is -0.566. The summed E-state index contributed by atoms with van der Waals surface area (Å²) in [6, 6.07) is 18.7. The number of carbonyl (C=O) groups excluding carboxylic acids is 2. The second-order valence-corrected chi connectivity index (χ2v) is 8.66. The van der Waals surface area contributed by atoms with Gasteiger partial charge in [0, 0.05) is 18.8 Å². The molecule has 3 aromatic carbocycles. The van der Waals surface area contributed by atoms with Crippen molar-refractivity contribution in [1.29, 1.82) is 0 Å². The lowest BCUT2D eigenvalue weighted by Gasteiger charge is -2.22. The van der Waals surface area contributed by atoms with Crippen LogP contribution >= 0.6 is 0 Å². The van der Waals surface area contributed by atoms with Crippen LogP contribution in [0.1, 0.15) is 20.7 Å². The van der Waals surface area contributed by atoms with Crippen molar-refractivity contribution in [2.75, 3.05) is 30.9 Å². The van der Waals surface area contributed by atoms with Crippen LogP contribution in [0.15, 0.2) is 77.7 Å². The fraction of sp³-hybridized carbons (Fsp3) is 0.130. The highest BCUT2D eigenvalue weighted by Crippen LogP contribution is 2.27. The number of benzene rings is 3. The third kappa shape index (κ3) is 4.73. The minimum atomic E-state index is -4.07. The molecule has 0 saturated heterocycles. The Kier molecular flexibility index (Phi) is 6.79. The van der Waals surface area contributed by atoms with Gasteiger partial charge >= 0.3 is 5.97 Å². The predicted molar refractivity (Wildman–Crippen MR) is 121 cm³/mol. The molecule has 0 atom stereocenters. The predicted octanol–water partition coefficient (Wildman–Crippen LogP) is 3.56. The number of methoxy groups -OCH3 is 2. The van der Waals surface area contributed by atoms with Crippen molar-refractivity contribution in [1.82, 2.24) is 0 Å². The van der Waals surface area contributed by atoms with E-state index < -0.39 is 21.9 Å². The lowest BCUT2D eigenvalue weighted by Crippen LogP contribution is -2.29. The molecule has 0 bridgehead atoms. The first-order valence-corrected chi connectivity index (χ1v) is 10.9. The number of nitrogens with zero attached hydrogens (tertiary/aromatic N) is 1. The van der Waals surface area contributed by atoms with E-state index in [0.717, 1.165) is 4.31 Å². The molecule has 0 radical (unpaired) electrons. The number of ether oxygens (including phenoxy) is 2. The van der Waals surface area contributed by atoms with Crippen molar-refractivity contribution >= 4 is 33.3 Å². The molecule has 1 N–H and O–H groups in total. The normalized spacial score (nSPS) is 10.8. The van der Waals surface area contributed by atoms with Gasteiger partial charge in [0.25, 0.3) is 15.9 Å². The van der Waals surface area contributed by atoms with Gasteiger partial charge in [0.05, 0.1) is 35.9 Å². The molecular weight excluding hydrogens is 432 g/mol. The number of esters is 1. The Hall–Kier alpha value is -3.85. The van der Waals surface area contributed by atoms with Gasteiger partial charge < -0.3 is 14.8 Å². The van der Waals surface area contributed by atoms with E-state index >= 15 is 0 Å². The highest BCUT2D eigenvalue weighted by Gasteiger charge is 2.26. The van der Waals surface area contributed by atoms with E-state index in [0.29, 0.717) is 11.4 Å². The fourth-order valence-corrected chi connectivity index (χ4v) is 4.29. The Morgan fingerprint density at radius 1 is 0.906 bits per heavy atom. The molecule has 0 aliphatic carbocycles. The molecule has 3 rings (SSSR count). The van der Waals surface area contributed by atoms with Crippen LogP contribution in [0.5, 0.6) is 5.75 Å². The zero-order valence-corrected chi connectivity index (χ0v) is 18.5. The highest BCUT2D eigenvalue weighted by atomic mass is 32.2. The van der Waals surface area contributed by atoms with Crippen LogP contribution in [0, 0.1) is 0 Å². The molecule has 0 heterocycles. The van der Waals surface area contributed by atoms with Crippen molar-refractivity contribution in [3.63, 3.8) is 0 Å². The largest absolute Gasteiger partial charge is 0.497 e. The topological polar surface area (TPSA) is 102 Å². The Bertz CT molecular complexity index is 1260. The highest BCUT2D eigenvalue weighted by molar-refractivity contribution is 7.92. The minimum Gasteiger partial charge on any atom is -0.497 e. The first-order chi connectivity index (χ1) is 15.3. The first-order valence-electron chi connectivity index (χ1n) is 9.49. The number of amides is 1. The summed E-state index contributed by atoms with van der Waals surface area (Å²) < 4.78 is 37.3. The average Bonchev–Trinajstić information content (AvgIpc) is 2.83. The van der Waals surface area contributed by atoms with Crippen LogP contribution in [0.25, 0.3) is 0 Å². The van der Waals surface area contributed by atoms with Gasteiger partial charge in [-0.05, 0) is 42.5 Å². The van der Waals surface area contributed by atoms with Gasteiger partial charge in [-0.15, -0.1) is 0 Å². The van der Waals surface area contributed by atoms with Gasteiger partial charge in [-0.25, -0.2) is 13.2 Å². The van der Waals surface area contributed by atoms with E-state index in [4.69, 9.17) is 4.74 Å². The van der Waals surface area contributed by atoms with E-state index in [1.165, 1.54) is 57.7 Å². The second kappa shape index (κ2) is 9.52. The fourth-order valence-electron chi connectivity index (χ4n) is 3.03. The summed E-state index contributed by atoms with van der Waals surface area (Å²) in [5.41, 5.74) is 0.938. The number of hydrogen-bond donors (Lipinski definition) is 1. The van der Waals surface area contributed by atoms with Gasteiger partial charge in [-0.1, -0.05) is 24.3 Å². The lowest BCUT2D eigenvalue weighted by atomic mass is 10.1. The number of carbonyl (C=O) groups is 2. The van der Waals surface area contributed by atoms with Crippen LogP contribution < -0.4 is 14.4 Å². The van der Waals surface area contributed by atoms with Crippen LogP contribution in [0.4, 0.5) is 11.4 Å². The number of rotatable bonds is 7. The van der Waals surface area contributed by atoms with Crippen LogP contribution in [-0.2, 0) is 14.8 Å². The van der Waals surface area contributed by atoms with E-state index in [9.17, 15) is 18.0 Å². The van der Waals surface area contributed by atoms with Crippen molar-refractivity contribution in [2.45, 2.75) is 4.90 Å². The molecule has 166 valence electrons. The molecule has 8 nitrogen and oxygen atoms in total. The summed E-state index contributed by atoms with van der Waals surface area (Å²) in [4.78, 5) is 24.6. The molecule has 32 heavy (non-hydrogen) atoms. The van der Waals surface area contributed by atoms with Gasteiger partial charge in [0.2, 0.25) is 0 Å². The molecule has 0 aromatic heterocycles. The third-order valence-corrected chi connectivity index (χ3v) is 6.50. The summed E-state index contributed by atoms with van der Waals surface area (Å²) in [6.07, 6.45) is 0. The number of anilines is 2. The van der Waals surface area contributed by atoms with Gasteiger partial charge in [0.1, 0.15) is 5.75 Å². The quantitative estimate of drug-likeness (QED) is 0.548. The van der Waals surface area contributed by atoms with Gasteiger partial charge in [-0.2, -0.15) is 0 Å². The number of sulfonamides is 1. The maximum Gasteiger partial charge on any atom is 0.337 e. The van der Waals surface area contributed by atoms with Crippen LogP contribution in [0.3, 0.4) is 0 Å². The van der Waals surface area contributed by atoms with E-state index in [1.54, 1.807) is 36.4 Å². The van der Waals surface area contributed by atoms with Gasteiger partial charge in [-0.3, -0.25) is 9.10 Å². The smallest absolute Gasteiger partial charge is 0.337 e. The SMILES string of the molecule is COC(=O)c1cccc(S(=O)(=O)N(C)c2ccccc2C(=O)Nc2cccc(OC)c2)c1. The standard InChI is InChI=1S/C23H22N2O6S/c1-25(32(28,29)19-11-6-8-16(14-19)23(27)31-3)21-13-5-4-12-20(21)22(26)24-17-9-7-10-18(15-17)30-2/h4-15H,1-3H3,(H,24,26). The summed E-state index contributed by atoms with van der Waals surface area (Å²) in [5, 5.41) is 2.75. The average molecular weight is 455 g/mol. The molecule has 0 saturated carbocycles. The molecule has 9 heteroatoms. The summed E-state index contributed by atoms with van der Waals surface area (Å²) >= 11 is 0. The first kappa shape index (κ1) is 22.8. The van der Waals surface area contributed by atoms with Crippen molar-refractivity contribution in [3.05, 3.63) is 83.9 Å². The summed E-state index contributed by atoms with van der Waals surface area (Å²) in [7, 11) is 0.00897. The van der Waals surface area contributed by atoms with E-state index in [-0.39, 0.29) is 21.7 Å². The van der Waals surface area contributed by atoms with E-state index in [2.05, 4.69) is 10.1 Å². The Morgan fingerprint density at radius 2 is 1.62 bits per heavy atom. The van der Waals surface area contributed by atoms with Crippen molar-refractivity contribution in [2.24, 2.45) is 0 Å². The van der Waals surface area contributed by atoms with Crippen molar-refractivity contribution < 1.29 is 27.5 Å². The molecule has 0 aliphatic heterocycles. The molecular formula is C23H22N2O6S. The molecule has 3 aromatic rings. The molecule has 0 spiro atoms. The number of para-hydroxylation sites is 1. The van der Waals surface area contributed by atoms with E-state index in [1.807, 2.05) is 0 Å². The molecule has 0 fully saturated rings. The number of hydrogen-bond acceptors (Lipinski definition) is 6. The number of nitrogens with one attached hydrogen (secondary N) is 1. The maximum atomic E-state index is 13.2. The zero-order valence-electron chi connectivity index (χ0n) is 17.7. The Labute approximate surface area is 186 Å². The lowest BCUT2D eigenvalue weighted by molar-refractivity contribution is 0.0600. The minimum absolute atomic E-state index is 0.103. The monoisotopic (exact) mass is 454 g/mol. The Balaban J connectivity index is 1.95. The second-order valence-electron chi connectivity index (χ2n) is 6.70. The molecule has 0 unspecified atom stereocenters. The maximum absolute atomic E-state index is 13.2.